The zero-order chi connectivity index (χ0) is 10.5. The highest BCUT2D eigenvalue weighted by molar-refractivity contribution is 4.97. The molecule has 0 aliphatic heterocycles. The lowest BCUT2D eigenvalue weighted by Gasteiger charge is -2.17. The lowest BCUT2D eigenvalue weighted by Crippen LogP contribution is -2.27. The smallest absolute Gasteiger partial charge is 0.117 e. The molecule has 0 saturated heterocycles. The molecule has 1 aromatic heterocycles. The van der Waals surface area contributed by atoms with E-state index in [2.05, 4.69) is 12.2 Å². The van der Waals surface area contributed by atoms with Gasteiger partial charge in [0.25, 0.3) is 0 Å². The first-order chi connectivity index (χ1) is 7.34. The summed E-state index contributed by atoms with van der Waals surface area (Å²) in [5.41, 5.74) is 0. The Morgan fingerprint density at radius 1 is 1.47 bits per heavy atom. The summed E-state index contributed by atoms with van der Waals surface area (Å²) in [4.78, 5) is 0. The minimum absolute atomic E-state index is 0.609. The molecule has 1 aliphatic rings. The molecule has 1 saturated carbocycles. The zero-order valence-electron chi connectivity index (χ0n) is 9.54. The molecule has 1 unspecified atom stereocenters. The van der Waals surface area contributed by atoms with Gasteiger partial charge < -0.3 is 9.73 Å². The van der Waals surface area contributed by atoms with E-state index in [1.54, 1.807) is 6.26 Å². The van der Waals surface area contributed by atoms with Gasteiger partial charge in [-0.2, -0.15) is 0 Å². The Morgan fingerprint density at radius 3 is 2.93 bits per heavy atom. The topological polar surface area (TPSA) is 25.2 Å². The minimum Gasteiger partial charge on any atom is -0.468 e. The third kappa shape index (κ3) is 3.38. The van der Waals surface area contributed by atoms with Gasteiger partial charge in [-0.25, -0.2) is 0 Å². The molecule has 0 aromatic carbocycles. The van der Waals surface area contributed by atoms with E-state index >= 15 is 0 Å². The Hall–Kier alpha value is -0.760. The number of nitrogens with one attached hydrogen (secondary N) is 1. The van der Waals surface area contributed by atoms with Gasteiger partial charge in [0.1, 0.15) is 5.76 Å². The highest BCUT2D eigenvalue weighted by Gasteiger charge is 2.17. The summed E-state index contributed by atoms with van der Waals surface area (Å²) in [6.07, 6.45) is 8.81. The Balaban J connectivity index is 1.66. The summed E-state index contributed by atoms with van der Waals surface area (Å²) in [6.45, 7) is 3.14. The molecule has 1 aromatic rings. The molecule has 0 radical (unpaired) electrons. The van der Waals surface area contributed by atoms with Gasteiger partial charge in [0.15, 0.2) is 0 Å². The van der Waals surface area contributed by atoms with Crippen LogP contribution in [0.4, 0.5) is 0 Å². The van der Waals surface area contributed by atoms with Crippen molar-refractivity contribution in [1.82, 2.24) is 5.32 Å². The second-order valence-electron chi connectivity index (χ2n) is 4.75. The molecular weight excluding hydrogens is 186 g/mol. The molecule has 1 heterocycles. The number of hydrogen-bond donors (Lipinski definition) is 1. The van der Waals surface area contributed by atoms with Gasteiger partial charge in [-0.05, 0) is 31.4 Å². The lowest BCUT2D eigenvalue weighted by atomic mass is 9.99. The van der Waals surface area contributed by atoms with Crippen molar-refractivity contribution in [2.45, 2.75) is 51.6 Å². The van der Waals surface area contributed by atoms with Crippen LogP contribution in [0.5, 0.6) is 0 Å². The second kappa shape index (κ2) is 5.36. The summed E-state index contributed by atoms with van der Waals surface area (Å²) in [5.74, 6) is 2.00. The summed E-state index contributed by atoms with van der Waals surface area (Å²) >= 11 is 0. The fourth-order valence-electron chi connectivity index (χ4n) is 2.52. The van der Waals surface area contributed by atoms with E-state index in [1.807, 2.05) is 12.1 Å². The minimum atomic E-state index is 0.609. The Labute approximate surface area is 92.1 Å². The molecule has 1 fully saturated rings. The van der Waals surface area contributed by atoms with Gasteiger partial charge in [-0.3, -0.25) is 0 Å². The summed E-state index contributed by atoms with van der Waals surface area (Å²) in [7, 11) is 0. The lowest BCUT2D eigenvalue weighted by molar-refractivity contribution is 0.386. The molecule has 0 spiro atoms. The Morgan fingerprint density at radius 2 is 2.27 bits per heavy atom. The fourth-order valence-corrected chi connectivity index (χ4v) is 2.52. The van der Waals surface area contributed by atoms with Crippen LogP contribution in [-0.4, -0.2) is 6.04 Å². The largest absolute Gasteiger partial charge is 0.468 e. The van der Waals surface area contributed by atoms with Crippen LogP contribution in [0, 0.1) is 5.92 Å². The Bertz CT molecular complexity index is 262. The third-order valence-electron chi connectivity index (χ3n) is 3.37. The average molecular weight is 207 g/mol. The van der Waals surface area contributed by atoms with E-state index in [4.69, 9.17) is 4.42 Å². The molecule has 2 rings (SSSR count). The number of hydrogen-bond acceptors (Lipinski definition) is 2. The highest BCUT2D eigenvalue weighted by atomic mass is 16.3. The monoisotopic (exact) mass is 207 g/mol. The van der Waals surface area contributed by atoms with E-state index in [9.17, 15) is 0 Å². The first kappa shape index (κ1) is 10.7. The summed E-state index contributed by atoms with van der Waals surface area (Å²) < 4.78 is 5.29. The van der Waals surface area contributed by atoms with Crippen LogP contribution < -0.4 is 5.32 Å². The van der Waals surface area contributed by atoms with Gasteiger partial charge in [0.2, 0.25) is 0 Å². The molecule has 1 aliphatic carbocycles. The van der Waals surface area contributed by atoms with Gasteiger partial charge in [-0.1, -0.05) is 25.7 Å². The third-order valence-corrected chi connectivity index (χ3v) is 3.37. The standard InChI is InChI=1S/C13H21NO/c1-11(9-12-5-2-3-6-12)14-10-13-7-4-8-15-13/h4,7-8,11-12,14H,2-3,5-6,9-10H2,1H3. The van der Waals surface area contributed by atoms with Crippen molar-refractivity contribution in [1.29, 1.82) is 0 Å². The molecular formula is C13H21NO. The van der Waals surface area contributed by atoms with Crippen LogP contribution in [0.3, 0.4) is 0 Å². The van der Waals surface area contributed by atoms with Crippen molar-refractivity contribution in [3.8, 4) is 0 Å². The van der Waals surface area contributed by atoms with Crippen molar-refractivity contribution >= 4 is 0 Å². The maximum absolute atomic E-state index is 5.29. The highest BCUT2D eigenvalue weighted by Crippen LogP contribution is 2.28. The number of furan rings is 1. The maximum Gasteiger partial charge on any atom is 0.117 e. The van der Waals surface area contributed by atoms with Crippen molar-refractivity contribution in [2.24, 2.45) is 5.92 Å². The van der Waals surface area contributed by atoms with Gasteiger partial charge >= 0.3 is 0 Å². The molecule has 2 heteroatoms. The van der Waals surface area contributed by atoms with Crippen LogP contribution in [-0.2, 0) is 6.54 Å². The average Bonchev–Trinajstić information content (AvgIpc) is 2.86. The molecule has 15 heavy (non-hydrogen) atoms. The van der Waals surface area contributed by atoms with Crippen LogP contribution in [0.1, 0.15) is 44.8 Å². The van der Waals surface area contributed by atoms with E-state index in [1.165, 1.54) is 32.1 Å². The number of rotatable bonds is 5. The van der Waals surface area contributed by atoms with Crippen molar-refractivity contribution in [2.75, 3.05) is 0 Å². The summed E-state index contributed by atoms with van der Waals surface area (Å²) in [5, 5.41) is 3.52. The predicted molar refractivity (Wildman–Crippen MR) is 61.6 cm³/mol. The first-order valence-electron chi connectivity index (χ1n) is 6.10. The molecule has 2 nitrogen and oxygen atoms in total. The fraction of sp³-hybridized carbons (Fsp3) is 0.692. The normalized spacial score (nSPS) is 19.5. The van der Waals surface area contributed by atoms with E-state index in [-0.39, 0.29) is 0 Å². The first-order valence-corrected chi connectivity index (χ1v) is 6.10. The molecule has 0 amide bonds. The molecule has 1 N–H and O–H groups in total. The van der Waals surface area contributed by atoms with Crippen molar-refractivity contribution in [3.63, 3.8) is 0 Å². The maximum atomic E-state index is 5.29. The molecule has 0 bridgehead atoms. The van der Waals surface area contributed by atoms with Crippen LogP contribution >= 0.6 is 0 Å². The summed E-state index contributed by atoms with van der Waals surface area (Å²) in [6, 6.07) is 4.58. The Kier molecular flexibility index (Phi) is 3.84. The van der Waals surface area contributed by atoms with Crippen LogP contribution in [0.15, 0.2) is 22.8 Å². The van der Waals surface area contributed by atoms with Crippen molar-refractivity contribution < 1.29 is 4.42 Å². The van der Waals surface area contributed by atoms with Crippen molar-refractivity contribution in [3.05, 3.63) is 24.2 Å². The van der Waals surface area contributed by atoms with Gasteiger partial charge in [-0.15, -0.1) is 0 Å². The van der Waals surface area contributed by atoms with Crippen LogP contribution in [0.25, 0.3) is 0 Å². The molecule has 84 valence electrons. The van der Waals surface area contributed by atoms with E-state index in [0.717, 1.165) is 18.2 Å². The second-order valence-corrected chi connectivity index (χ2v) is 4.75. The van der Waals surface area contributed by atoms with Crippen LogP contribution in [0.2, 0.25) is 0 Å². The molecule has 1 atom stereocenters. The zero-order valence-corrected chi connectivity index (χ0v) is 9.54. The van der Waals surface area contributed by atoms with Gasteiger partial charge in [0.05, 0.1) is 12.8 Å². The quantitative estimate of drug-likeness (QED) is 0.801. The van der Waals surface area contributed by atoms with E-state index < -0.39 is 0 Å². The van der Waals surface area contributed by atoms with Gasteiger partial charge in [0, 0.05) is 6.04 Å². The van der Waals surface area contributed by atoms with E-state index in [0.29, 0.717) is 6.04 Å². The predicted octanol–water partition coefficient (Wildman–Crippen LogP) is 3.34. The SMILES string of the molecule is CC(CC1CCCC1)NCc1ccco1.